The summed E-state index contributed by atoms with van der Waals surface area (Å²) in [7, 11) is 2.13. The Morgan fingerprint density at radius 1 is 1.47 bits per heavy atom. The van der Waals surface area contributed by atoms with Gasteiger partial charge < -0.3 is 16.1 Å². The van der Waals surface area contributed by atoms with Gasteiger partial charge in [0.05, 0.1) is 18.2 Å². The number of nitrogens with zero attached hydrogens (tertiary/aromatic N) is 5. The number of nitrogens with one attached hydrogen (secondary N) is 1. The summed E-state index contributed by atoms with van der Waals surface area (Å²) in [6.45, 7) is 3.89. The maximum Gasteiger partial charge on any atom is 0.146 e. The number of piperidine rings is 1. The number of amidine groups is 1. The summed E-state index contributed by atoms with van der Waals surface area (Å²) in [5, 5.41) is 6.60. The van der Waals surface area contributed by atoms with Crippen molar-refractivity contribution in [2.24, 2.45) is 15.9 Å². The van der Waals surface area contributed by atoms with Gasteiger partial charge in [0.2, 0.25) is 0 Å². The smallest absolute Gasteiger partial charge is 0.146 e. The van der Waals surface area contributed by atoms with Crippen molar-refractivity contribution in [3.8, 4) is 0 Å². The number of hydrogen-bond acceptors (Lipinski definition) is 7. The molecule has 0 radical (unpaired) electrons. The second kappa shape index (κ2) is 12.3. The minimum atomic E-state index is -0.588. The van der Waals surface area contributed by atoms with Gasteiger partial charge in [0.1, 0.15) is 17.5 Å². The Hall–Kier alpha value is -2.49. The molecule has 0 aliphatic carbocycles. The number of aromatic nitrogens is 1. The molecule has 0 atom stereocenters. The SMILES string of the molecule is CC/C=N\N(/C=C/c1cnc(N)c(C(=NC/C(F)=C/Cl)NN)c1)C1CCN(C)CC1. The lowest BCUT2D eigenvalue weighted by atomic mass is 10.1. The first-order valence-electron chi connectivity index (χ1n) is 9.87. The minimum absolute atomic E-state index is 0.222. The van der Waals surface area contributed by atoms with Gasteiger partial charge in [0.25, 0.3) is 0 Å². The molecule has 2 rings (SSSR count). The lowest BCUT2D eigenvalue weighted by Gasteiger charge is -2.33. The van der Waals surface area contributed by atoms with Crippen LogP contribution in [0.4, 0.5) is 10.2 Å². The number of aliphatic imine (C=N–C) groups is 1. The predicted molar refractivity (Wildman–Crippen MR) is 123 cm³/mol. The maximum absolute atomic E-state index is 13.3. The van der Waals surface area contributed by atoms with E-state index in [0.717, 1.165) is 43.5 Å². The summed E-state index contributed by atoms with van der Waals surface area (Å²) in [4.78, 5) is 10.6. The molecule has 1 saturated heterocycles. The molecule has 10 heteroatoms. The zero-order valence-electron chi connectivity index (χ0n) is 17.4. The fourth-order valence-electron chi connectivity index (χ4n) is 3.02. The van der Waals surface area contributed by atoms with Gasteiger partial charge in [0, 0.05) is 24.1 Å². The molecule has 8 nitrogen and oxygen atoms in total. The molecule has 30 heavy (non-hydrogen) atoms. The van der Waals surface area contributed by atoms with Crippen molar-refractivity contribution in [1.82, 2.24) is 20.3 Å². The average Bonchev–Trinajstić information content (AvgIpc) is 2.76. The molecule has 1 fully saturated rings. The highest BCUT2D eigenvalue weighted by atomic mass is 35.5. The molecule has 164 valence electrons. The zero-order chi connectivity index (χ0) is 21.9. The van der Waals surface area contributed by atoms with Gasteiger partial charge in [-0.15, -0.1) is 0 Å². The van der Waals surface area contributed by atoms with E-state index < -0.39 is 5.83 Å². The van der Waals surface area contributed by atoms with Crippen LogP contribution in [0.25, 0.3) is 6.08 Å². The number of likely N-dealkylation sites (tertiary alicyclic amines) is 1. The standard InChI is InChI=1S/C20H30ClFN8/c1-3-7-27-30(17-5-8-29(2)9-6-17)10-4-15-11-18(19(23)25-13-15)20(28-24)26-14-16(22)12-21/h4,7,10-13,17H,3,5-6,8-9,14,24H2,1-2H3,(H2,23,25)(H,26,28)/b10-4+,16-12-,27-7-. The van der Waals surface area contributed by atoms with Crippen LogP contribution >= 0.6 is 11.6 Å². The summed E-state index contributed by atoms with van der Waals surface area (Å²) >= 11 is 5.34. The molecule has 0 unspecified atom stereocenters. The molecule has 1 aromatic heterocycles. The average molecular weight is 437 g/mol. The molecule has 2 heterocycles. The fraction of sp³-hybridized carbons (Fsp3) is 0.450. The number of hydrazine groups is 1. The Morgan fingerprint density at radius 3 is 2.83 bits per heavy atom. The van der Waals surface area contributed by atoms with Gasteiger partial charge in [-0.2, -0.15) is 5.10 Å². The normalized spacial score (nSPS) is 17.2. The maximum atomic E-state index is 13.3. The Balaban J connectivity index is 2.24. The second-order valence-corrected chi connectivity index (χ2v) is 7.22. The summed E-state index contributed by atoms with van der Waals surface area (Å²) in [6.07, 6.45) is 10.4. The topological polar surface area (TPSA) is 108 Å². The number of rotatable bonds is 8. The summed E-state index contributed by atoms with van der Waals surface area (Å²) in [5.74, 6) is 5.41. The van der Waals surface area contributed by atoms with E-state index in [0.29, 0.717) is 11.6 Å². The first-order valence-corrected chi connectivity index (χ1v) is 10.3. The summed E-state index contributed by atoms with van der Waals surface area (Å²) < 4.78 is 13.3. The summed E-state index contributed by atoms with van der Waals surface area (Å²) in [6, 6.07) is 2.13. The van der Waals surface area contributed by atoms with Crippen LogP contribution in [0.15, 0.2) is 39.9 Å². The summed E-state index contributed by atoms with van der Waals surface area (Å²) in [5.41, 5.74) is 10.5. The Kier molecular flexibility index (Phi) is 9.72. The van der Waals surface area contributed by atoms with Crippen molar-refractivity contribution >= 4 is 35.5 Å². The molecule has 5 N–H and O–H groups in total. The van der Waals surface area contributed by atoms with Crippen molar-refractivity contribution in [3.05, 3.63) is 41.0 Å². The van der Waals surface area contributed by atoms with Crippen molar-refractivity contribution in [1.29, 1.82) is 0 Å². The lowest BCUT2D eigenvalue weighted by Crippen LogP contribution is -2.39. The highest BCUT2D eigenvalue weighted by Crippen LogP contribution is 2.18. The van der Waals surface area contributed by atoms with E-state index in [4.69, 9.17) is 23.2 Å². The van der Waals surface area contributed by atoms with Crippen LogP contribution in [-0.4, -0.2) is 59.7 Å². The number of nitrogen functional groups attached to an aromatic ring is 1. The third-order valence-electron chi connectivity index (χ3n) is 4.72. The van der Waals surface area contributed by atoms with Crippen molar-refractivity contribution < 1.29 is 4.39 Å². The molecule has 0 bridgehead atoms. The third-order valence-corrected chi connectivity index (χ3v) is 4.95. The van der Waals surface area contributed by atoms with E-state index in [-0.39, 0.29) is 18.2 Å². The largest absolute Gasteiger partial charge is 0.383 e. The van der Waals surface area contributed by atoms with E-state index in [2.05, 4.69) is 39.4 Å². The number of hydrazone groups is 1. The van der Waals surface area contributed by atoms with E-state index in [1.807, 2.05) is 23.5 Å². The first-order chi connectivity index (χ1) is 14.5. The Morgan fingerprint density at radius 2 is 2.20 bits per heavy atom. The molecule has 0 aromatic carbocycles. The lowest BCUT2D eigenvalue weighted by molar-refractivity contribution is 0.165. The molecular weight excluding hydrogens is 407 g/mol. The Labute approximate surface area is 182 Å². The molecule has 0 saturated carbocycles. The van der Waals surface area contributed by atoms with Crippen LogP contribution in [0.2, 0.25) is 0 Å². The van der Waals surface area contributed by atoms with E-state index >= 15 is 0 Å². The van der Waals surface area contributed by atoms with Gasteiger partial charge in [-0.25, -0.2) is 15.2 Å². The molecular formula is C20H30ClFN8. The highest BCUT2D eigenvalue weighted by molar-refractivity contribution is 6.25. The van der Waals surface area contributed by atoms with Crippen molar-refractivity contribution in [3.63, 3.8) is 0 Å². The fourth-order valence-corrected chi connectivity index (χ4v) is 3.09. The van der Waals surface area contributed by atoms with Crippen molar-refractivity contribution in [2.45, 2.75) is 32.2 Å². The van der Waals surface area contributed by atoms with Crippen LogP contribution in [0.5, 0.6) is 0 Å². The number of nitrogens with two attached hydrogens (primary N) is 2. The van der Waals surface area contributed by atoms with E-state index in [1.54, 1.807) is 12.3 Å². The molecule has 0 amide bonds. The van der Waals surface area contributed by atoms with Gasteiger partial charge >= 0.3 is 0 Å². The van der Waals surface area contributed by atoms with Crippen LogP contribution in [0, 0.1) is 0 Å². The molecule has 1 aliphatic rings. The van der Waals surface area contributed by atoms with Gasteiger partial charge in [-0.1, -0.05) is 18.5 Å². The van der Waals surface area contributed by atoms with Gasteiger partial charge in [-0.3, -0.25) is 10.0 Å². The van der Waals surface area contributed by atoms with Crippen molar-refractivity contribution in [2.75, 3.05) is 32.4 Å². The number of pyridine rings is 1. The number of anilines is 1. The van der Waals surface area contributed by atoms with Crippen LogP contribution < -0.4 is 17.0 Å². The van der Waals surface area contributed by atoms with Gasteiger partial charge in [0.15, 0.2) is 0 Å². The monoisotopic (exact) mass is 436 g/mol. The van der Waals surface area contributed by atoms with Crippen LogP contribution in [-0.2, 0) is 0 Å². The van der Waals surface area contributed by atoms with Crippen LogP contribution in [0.3, 0.4) is 0 Å². The van der Waals surface area contributed by atoms with Crippen LogP contribution in [0.1, 0.15) is 37.3 Å². The quantitative estimate of drug-likeness (QED) is 0.250. The minimum Gasteiger partial charge on any atom is -0.383 e. The number of halogens is 2. The highest BCUT2D eigenvalue weighted by Gasteiger charge is 2.20. The molecule has 1 aromatic rings. The van der Waals surface area contributed by atoms with E-state index in [9.17, 15) is 4.39 Å². The Bertz CT molecular complexity index is 800. The zero-order valence-corrected chi connectivity index (χ0v) is 18.2. The molecule has 0 spiro atoms. The number of hydrogen-bond donors (Lipinski definition) is 3. The first kappa shape index (κ1) is 23.8. The second-order valence-electron chi connectivity index (χ2n) is 7.00. The predicted octanol–water partition coefficient (Wildman–Crippen LogP) is 2.69. The molecule has 1 aliphatic heterocycles. The third kappa shape index (κ3) is 7.08. The van der Waals surface area contributed by atoms with E-state index in [1.165, 1.54) is 0 Å². The van der Waals surface area contributed by atoms with Gasteiger partial charge in [-0.05, 0) is 57.1 Å².